The van der Waals surface area contributed by atoms with Crippen molar-refractivity contribution in [3.05, 3.63) is 70.0 Å². The Morgan fingerprint density at radius 1 is 1.24 bits per heavy atom. The van der Waals surface area contributed by atoms with Crippen LogP contribution in [0.5, 0.6) is 0 Å². The van der Waals surface area contributed by atoms with E-state index in [1.54, 1.807) is 31.5 Å². The summed E-state index contributed by atoms with van der Waals surface area (Å²) in [5, 5.41) is 13.4. The van der Waals surface area contributed by atoms with Gasteiger partial charge in [-0.25, -0.2) is 0 Å². The highest BCUT2D eigenvalue weighted by Gasteiger charge is 2.16. The van der Waals surface area contributed by atoms with Gasteiger partial charge in [-0.05, 0) is 30.2 Å². The van der Waals surface area contributed by atoms with Gasteiger partial charge in [0.2, 0.25) is 5.91 Å². The number of non-ortho nitro benzene ring substituents is 1. The Kier molecular flexibility index (Phi) is 4.61. The number of amides is 1. The van der Waals surface area contributed by atoms with Crippen molar-refractivity contribution in [1.82, 2.24) is 10.3 Å². The fraction of sp³-hybridized carbons (Fsp3) is 0.200. The number of nitro benzene ring substituents is 1. The molecule has 0 aliphatic rings. The second kappa shape index (κ2) is 6.60. The van der Waals surface area contributed by atoms with Gasteiger partial charge in [-0.3, -0.25) is 19.9 Å². The molecule has 1 atom stereocenters. The van der Waals surface area contributed by atoms with Gasteiger partial charge < -0.3 is 5.32 Å². The van der Waals surface area contributed by atoms with E-state index in [1.807, 2.05) is 12.1 Å². The first kappa shape index (κ1) is 14.6. The Bertz CT molecular complexity index is 626. The molecule has 1 aromatic heterocycles. The smallest absolute Gasteiger partial charge is 0.269 e. The van der Waals surface area contributed by atoms with Crippen LogP contribution in [0, 0.1) is 10.1 Å². The van der Waals surface area contributed by atoms with Crippen molar-refractivity contribution in [2.75, 3.05) is 0 Å². The molecule has 1 heterocycles. The number of hydrogen-bond acceptors (Lipinski definition) is 4. The first-order chi connectivity index (χ1) is 10.1. The van der Waals surface area contributed by atoms with Crippen LogP contribution in [0.1, 0.15) is 24.0 Å². The van der Waals surface area contributed by atoms with Gasteiger partial charge in [0.15, 0.2) is 0 Å². The molecule has 0 fully saturated rings. The predicted molar refractivity (Wildman–Crippen MR) is 77.6 cm³/mol. The average Bonchev–Trinajstić information content (AvgIpc) is 2.53. The monoisotopic (exact) mass is 285 g/mol. The minimum Gasteiger partial charge on any atom is -0.352 e. The fourth-order valence-corrected chi connectivity index (χ4v) is 1.88. The van der Waals surface area contributed by atoms with Gasteiger partial charge >= 0.3 is 0 Å². The molecule has 0 unspecified atom stereocenters. The van der Waals surface area contributed by atoms with Crippen molar-refractivity contribution in [2.24, 2.45) is 0 Å². The third-order valence-electron chi connectivity index (χ3n) is 3.21. The summed E-state index contributed by atoms with van der Waals surface area (Å²) in [6.45, 7) is 2.20. The number of nitro groups is 1. The van der Waals surface area contributed by atoms with E-state index < -0.39 is 4.92 Å². The Hall–Kier alpha value is -2.76. The number of pyridine rings is 1. The number of rotatable bonds is 5. The van der Waals surface area contributed by atoms with Crippen LogP contribution in [0.4, 0.5) is 5.69 Å². The maximum absolute atomic E-state index is 12.1. The zero-order valence-corrected chi connectivity index (χ0v) is 11.5. The number of hydrogen-bond donors (Lipinski definition) is 1. The third-order valence-corrected chi connectivity index (χ3v) is 3.21. The number of carbonyl (C=O) groups excluding carboxylic acids is 1. The lowest BCUT2D eigenvalue weighted by molar-refractivity contribution is -0.384. The van der Waals surface area contributed by atoms with Crippen LogP contribution in [0.3, 0.4) is 0 Å². The highest BCUT2D eigenvalue weighted by atomic mass is 16.6. The molecule has 1 N–H and O–H groups in total. The van der Waals surface area contributed by atoms with Crippen molar-refractivity contribution < 1.29 is 9.72 Å². The van der Waals surface area contributed by atoms with Gasteiger partial charge in [0, 0.05) is 31.1 Å². The molecule has 21 heavy (non-hydrogen) atoms. The molecule has 6 nitrogen and oxygen atoms in total. The summed E-state index contributed by atoms with van der Waals surface area (Å²) < 4.78 is 0. The molecule has 108 valence electrons. The van der Waals surface area contributed by atoms with E-state index in [0.717, 1.165) is 11.1 Å². The highest BCUT2D eigenvalue weighted by Crippen LogP contribution is 2.19. The summed E-state index contributed by atoms with van der Waals surface area (Å²) in [6, 6.07) is 9.68. The van der Waals surface area contributed by atoms with Crippen LogP contribution < -0.4 is 5.32 Å². The van der Waals surface area contributed by atoms with Gasteiger partial charge in [0.1, 0.15) is 0 Å². The van der Waals surface area contributed by atoms with Crippen LogP contribution in [-0.4, -0.2) is 15.8 Å². The van der Waals surface area contributed by atoms with Crippen LogP contribution in [0.25, 0.3) is 0 Å². The average molecular weight is 285 g/mol. The standard InChI is InChI=1S/C15H15N3O3/c1-11(13-2-4-14(5-3-13)18(20)21)15(19)17-10-12-6-8-16-9-7-12/h2-9,11H,10H2,1H3,(H,17,19)/t11-/m0/s1. The quantitative estimate of drug-likeness (QED) is 0.675. The summed E-state index contributed by atoms with van der Waals surface area (Å²) in [5.74, 6) is -0.492. The lowest BCUT2D eigenvalue weighted by Crippen LogP contribution is -2.27. The first-order valence-corrected chi connectivity index (χ1v) is 6.49. The molecule has 1 amide bonds. The van der Waals surface area contributed by atoms with Gasteiger partial charge in [-0.1, -0.05) is 12.1 Å². The Morgan fingerprint density at radius 2 is 1.86 bits per heavy atom. The Morgan fingerprint density at radius 3 is 2.43 bits per heavy atom. The Labute approximate surface area is 122 Å². The van der Waals surface area contributed by atoms with E-state index in [2.05, 4.69) is 10.3 Å². The molecule has 0 spiro atoms. The molecule has 2 rings (SSSR count). The van der Waals surface area contributed by atoms with Crippen molar-refractivity contribution in [1.29, 1.82) is 0 Å². The number of nitrogens with zero attached hydrogens (tertiary/aromatic N) is 2. The minimum absolute atomic E-state index is 0.0168. The zero-order chi connectivity index (χ0) is 15.2. The molecule has 0 saturated carbocycles. The van der Waals surface area contributed by atoms with E-state index in [4.69, 9.17) is 0 Å². The van der Waals surface area contributed by atoms with Crippen molar-refractivity contribution in [3.63, 3.8) is 0 Å². The minimum atomic E-state index is -0.460. The topological polar surface area (TPSA) is 85.1 Å². The molecular weight excluding hydrogens is 270 g/mol. The molecule has 6 heteroatoms. The molecule has 2 aromatic rings. The molecular formula is C15H15N3O3. The number of aromatic nitrogens is 1. The maximum Gasteiger partial charge on any atom is 0.269 e. The van der Waals surface area contributed by atoms with Crippen molar-refractivity contribution in [3.8, 4) is 0 Å². The number of carbonyl (C=O) groups is 1. The lowest BCUT2D eigenvalue weighted by atomic mass is 10.00. The van der Waals surface area contributed by atoms with Gasteiger partial charge in [0.25, 0.3) is 5.69 Å². The SMILES string of the molecule is C[C@H](C(=O)NCc1ccncc1)c1ccc([N+](=O)[O-])cc1. The third kappa shape index (κ3) is 3.85. The second-order valence-electron chi connectivity index (χ2n) is 4.64. The van der Waals surface area contributed by atoms with E-state index in [-0.39, 0.29) is 17.5 Å². The van der Waals surface area contributed by atoms with E-state index >= 15 is 0 Å². The molecule has 0 aliphatic heterocycles. The van der Waals surface area contributed by atoms with Crippen LogP contribution in [0.2, 0.25) is 0 Å². The van der Waals surface area contributed by atoms with Gasteiger partial charge in [0.05, 0.1) is 10.8 Å². The molecule has 0 bridgehead atoms. The normalized spacial score (nSPS) is 11.7. The summed E-state index contributed by atoms with van der Waals surface area (Å²) in [5.41, 5.74) is 1.73. The summed E-state index contributed by atoms with van der Waals surface area (Å²) in [4.78, 5) is 26.1. The van der Waals surface area contributed by atoms with Crippen molar-refractivity contribution >= 4 is 11.6 Å². The highest BCUT2D eigenvalue weighted by molar-refractivity contribution is 5.83. The van der Waals surface area contributed by atoms with Crippen LogP contribution in [-0.2, 0) is 11.3 Å². The fourth-order valence-electron chi connectivity index (χ4n) is 1.88. The van der Waals surface area contributed by atoms with Crippen molar-refractivity contribution in [2.45, 2.75) is 19.4 Å². The summed E-state index contributed by atoms with van der Waals surface area (Å²) in [6.07, 6.45) is 3.34. The van der Waals surface area contributed by atoms with E-state index in [9.17, 15) is 14.9 Å². The van der Waals surface area contributed by atoms with Crippen LogP contribution in [0.15, 0.2) is 48.8 Å². The number of nitrogens with one attached hydrogen (secondary N) is 1. The largest absolute Gasteiger partial charge is 0.352 e. The second-order valence-corrected chi connectivity index (χ2v) is 4.64. The van der Waals surface area contributed by atoms with E-state index in [0.29, 0.717) is 6.54 Å². The number of benzene rings is 1. The van der Waals surface area contributed by atoms with Gasteiger partial charge in [-0.2, -0.15) is 0 Å². The molecule has 1 aromatic carbocycles. The lowest BCUT2D eigenvalue weighted by Gasteiger charge is -2.12. The summed E-state index contributed by atoms with van der Waals surface area (Å²) >= 11 is 0. The molecule has 0 radical (unpaired) electrons. The maximum atomic E-state index is 12.1. The Balaban J connectivity index is 1.97. The zero-order valence-electron chi connectivity index (χ0n) is 11.5. The predicted octanol–water partition coefficient (Wildman–Crippen LogP) is 2.41. The van der Waals surface area contributed by atoms with E-state index in [1.165, 1.54) is 12.1 Å². The molecule has 0 aliphatic carbocycles. The molecule has 0 saturated heterocycles. The van der Waals surface area contributed by atoms with Gasteiger partial charge in [-0.15, -0.1) is 0 Å². The first-order valence-electron chi connectivity index (χ1n) is 6.49. The summed E-state index contributed by atoms with van der Waals surface area (Å²) in [7, 11) is 0. The van der Waals surface area contributed by atoms with Crippen LogP contribution >= 0.6 is 0 Å².